The third-order valence-corrected chi connectivity index (χ3v) is 10.6. The lowest BCUT2D eigenvalue weighted by molar-refractivity contribution is -0.140. The minimum atomic E-state index is -4.47. The zero-order valence-corrected chi connectivity index (χ0v) is 29.6. The quantitative estimate of drug-likeness (QED) is 0.210. The number of carbonyl (C=O) groups excluding carboxylic acids is 2. The smallest absolute Gasteiger partial charge is 0.265 e. The molecule has 1 fully saturated rings. The Balaban J connectivity index is 1.82. The second kappa shape index (κ2) is 16.8. The lowest BCUT2D eigenvalue weighted by Crippen LogP contribution is -2.54. The molecule has 1 aliphatic rings. The Morgan fingerprint density at radius 2 is 1.54 bits per heavy atom. The van der Waals surface area contributed by atoms with E-state index in [2.05, 4.69) is 5.32 Å². The van der Waals surface area contributed by atoms with E-state index >= 15 is 0 Å². The topological polar surface area (TPSA) is 124 Å². The van der Waals surface area contributed by atoms with E-state index in [-0.39, 0.29) is 40.6 Å². The normalized spacial score (nSPS) is 14.0. The van der Waals surface area contributed by atoms with Gasteiger partial charge in [0.05, 0.1) is 39.0 Å². The lowest BCUT2D eigenvalue weighted by atomic mass is 9.95. The molecule has 1 atom stereocenters. The number of methoxy groups -OCH3 is 4. The Hall–Kier alpha value is -4.16. The van der Waals surface area contributed by atoms with Crippen molar-refractivity contribution >= 4 is 39.1 Å². The first kappa shape index (κ1) is 36.7. The van der Waals surface area contributed by atoms with E-state index in [1.54, 1.807) is 36.4 Å². The maximum absolute atomic E-state index is 14.6. The van der Waals surface area contributed by atoms with Crippen LogP contribution < -0.4 is 28.6 Å². The highest BCUT2D eigenvalue weighted by Gasteiger charge is 2.36. The molecule has 13 heteroatoms. The molecule has 1 saturated carbocycles. The highest BCUT2D eigenvalue weighted by molar-refractivity contribution is 7.92. The first-order chi connectivity index (χ1) is 23.1. The average Bonchev–Trinajstić information content (AvgIpc) is 3.10. The number of hydrogen-bond acceptors (Lipinski definition) is 8. The molecule has 0 saturated heterocycles. The third kappa shape index (κ3) is 8.46. The Labute approximate surface area is 288 Å². The Morgan fingerprint density at radius 1 is 0.875 bits per heavy atom. The summed E-state index contributed by atoms with van der Waals surface area (Å²) in [5.74, 6) is 0.142. The second-order valence-corrected chi connectivity index (χ2v) is 13.7. The molecule has 0 radical (unpaired) electrons. The van der Waals surface area contributed by atoms with Gasteiger partial charge in [0.15, 0.2) is 11.5 Å². The predicted molar refractivity (Wildman–Crippen MR) is 185 cm³/mol. The number of halogens is 1. The van der Waals surface area contributed by atoms with Gasteiger partial charge in [0.2, 0.25) is 11.8 Å². The monoisotopic (exact) mass is 701 g/mol. The van der Waals surface area contributed by atoms with E-state index in [0.717, 1.165) is 36.4 Å². The van der Waals surface area contributed by atoms with Crippen LogP contribution in [0, 0.1) is 0 Å². The number of nitrogens with zero attached hydrogens (tertiary/aromatic N) is 2. The number of sulfonamides is 1. The van der Waals surface area contributed by atoms with Gasteiger partial charge < -0.3 is 29.2 Å². The molecule has 0 aromatic heterocycles. The van der Waals surface area contributed by atoms with Crippen molar-refractivity contribution in [3.63, 3.8) is 0 Å². The molecule has 0 spiro atoms. The summed E-state index contributed by atoms with van der Waals surface area (Å²) in [7, 11) is 1.23. The lowest BCUT2D eigenvalue weighted by Gasteiger charge is -2.35. The van der Waals surface area contributed by atoms with Crippen LogP contribution in [0.1, 0.15) is 51.0 Å². The fourth-order valence-corrected chi connectivity index (χ4v) is 7.51. The summed E-state index contributed by atoms with van der Waals surface area (Å²) >= 11 is 6.54. The molecule has 1 N–H and O–H groups in total. The summed E-state index contributed by atoms with van der Waals surface area (Å²) in [6, 6.07) is 15.0. The molecular formula is C35H44ClN3O8S. The van der Waals surface area contributed by atoms with E-state index in [0.29, 0.717) is 28.5 Å². The molecule has 4 rings (SSSR count). The summed E-state index contributed by atoms with van der Waals surface area (Å²) in [6.45, 7) is 1.13. The van der Waals surface area contributed by atoms with Gasteiger partial charge in [-0.05, 0) is 55.2 Å². The summed E-state index contributed by atoms with van der Waals surface area (Å²) in [4.78, 5) is 29.6. The van der Waals surface area contributed by atoms with E-state index in [4.69, 9.17) is 30.5 Å². The van der Waals surface area contributed by atoms with Crippen molar-refractivity contribution in [2.24, 2.45) is 0 Å². The van der Waals surface area contributed by atoms with Crippen LogP contribution in [0.15, 0.2) is 65.6 Å². The molecule has 1 aliphatic carbocycles. The number of benzene rings is 3. The van der Waals surface area contributed by atoms with Gasteiger partial charge in [0.1, 0.15) is 24.1 Å². The average molecular weight is 702 g/mol. The molecule has 0 heterocycles. The number of rotatable bonds is 15. The van der Waals surface area contributed by atoms with Crippen molar-refractivity contribution in [2.75, 3.05) is 39.3 Å². The third-order valence-electron chi connectivity index (χ3n) is 8.51. The maximum Gasteiger partial charge on any atom is 0.265 e. The molecule has 260 valence electrons. The SMILES string of the molecule is CCC(C(=O)NC1CCCCC1)N(Cc1ccccc1Cl)C(=O)CN(c1cc(OC)ccc1OC)S(=O)(=O)c1ccc(OC)c(OC)c1. The van der Waals surface area contributed by atoms with Gasteiger partial charge >= 0.3 is 0 Å². The fourth-order valence-electron chi connectivity index (χ4n) is 5.88. The summed E-state index contributed by atoms with van der Waals surface area (Å²) in [6.07, 6.45) is 5.20. The molecule has 0 aliphatic heterocycles. The highest BCUT2D eigenvalue weighted by Crippen LogP contribution is 2.38. The van der Waals surface area contributed by atoms with Crippen molar-refractivity contribution in [1.29, 1.82) is 0 Å². The summed E-state index contributed by atoms with van der Waals surface area (Å²) < 4.78 is 51.7. The van der Waals surface area contributed by atoms with E-state index in [1.165, 1.54) is 57.6 Å². The van der Waals surface area contributed by atoms with Crippen LogP contribution in [0.4, 0.5) is 5.69 Å². The van der Waals surface area contributed by atoms with Crippen LogP contribution >= 0.6 is 11.6 Å². The minimum absolute atomic E-state index is 0.0144. The standard InChI is InChI=1S/C35H44ClN3O8S/c1-6-29(35(41)37-25-13-8-7-9-14-25)38(22-24-12-10-11-15-28(24)36)34(40)23-39(30-20-26(44-2)16-18-31(30)45-3)48(42,43)27-17-19-32(46-4)33(21-27)47-5/h10-12,15-21,25,29H,6-9,13-14,22-23H2,1-5H3,(H,37,41). The fraction of sp³-hybridized carbons (Fsp3) is 0.429. The number of carbonyl (C=O) groups is 2. The van der Waals surface area contributed by atoms with Crippen LogP contribution in [-0.4, -0.2) is 72.2 Å². The molecule has 3 aromatic rings. The van der Waals surface area contributed by atoms with Crippen molar-refractivity contribution in [3.8, 4) is 23.0 Å². The van der Waals surface area contributed by atoms with Gasteiger partial charge in [-0.1, -0.05) is 56.0 Å². The Kier molecular flexibility index (Phi) is 12.8. The van der Waals surface area contributed by atoms with Crippen molar-refractivity contribution < 1.29 is 37.0 Å². The largest absolute Gasteiger partial charge is 0.497 e. The molecule has 1 unspecified atom stereocenters. The Bertz CT molecular complexity index is 1680. The second-order valence-electron chi connectivity index (χ2n) is 11.4. The van der Waals surface area contributed by atoms with Gasteiger partial charge in [-0.3, -0.25) is 13.9 Å². The van der Waals surface area contributed by atoms with Gasteiger partial charge in [0.25, 0.3) is 10.0 Å². The van der Waals surface area contributed by atoms with Crippen LogP contribution in [0.5, 0.6) is 23.0 Å². The summed E-state index contributed by atoms with van der Waals surface area (Å²) in [5, 5.41) is 3.56. The van der Waals surface area contributed by atoms with E-state index in [1.807, 2.05) is 6.92 Å². The maximum atomic E-state index is 14.6. The van der Waals surface area contributed by atoms with Crippen molar-refractivity contribution in [3.05, 3.63) is 71.2 Å². The zero-order valence-electron chi connectivity index (χ0n) is 28.0. The Morgan fingerprint density at radius 3 is 2.17 bits per heavy atom. The molecule has 0 bridgehead atoms. The number of nitrogens with one attached hydrogen (secondary N) is 1. The minimum Gasteiger partial charge on any atom is -0.497 e. The summed E-state index contributed by atoms with van der Waals surface area (Å²) in [5.41, 5.74) is 0.682. The molecule has 2 amide bonds. The number of anilines is 1. The van der Waals surface area contributed by atoms with Crippen LogP contribution in [0.25, 0.3) is 0 Å². The van der Waals surface area contributed by atoms with Crippen molar-refractivity contribution in [2.45, 2.75) is 69.0 Å². The van der Waals surface area contributed by atoms with Crippen LogP contribution in [-0.2, 0) is 26.2 Å². The highest BCUT2D eigenvalue weighted by atomic mass is 35.5. The molecule has 48 heavy (non-hydrogen) atoms. The van der Waals surface area contributed by atoms with E-state index < -0.39 is 28.5 Å². The van der Waals surface area contributed by atoms with Gasteiger partial charge in [-0.25, -0.2) is 8.42 Å². The molecule has 11 nitrogen and oxygen atoms in total. The van der Waals surface area contributed by atoms with Gasteiger partial charge in [-0.2, -0.15) is 0 Å². The van der Waals surface area contributed by atoms with Crippen molar-refractivity contribution in [1.82, 2.24) is 10.2 Å². The van der Waals surface area contributed by atoms with E-state index in [9.17, 15) is 18.0 Å². The molecular weight excluding hydrogens is 658 g/mol. The number of ether oxygens (including phenoxy) is 4. The number of amides is 2. The first-order valence-corrected chi connectivity index (χ1v) is 17.7. The van der Waals surface area contributed by atoms with Gasteiger partial charge in [-0.15, -0.1) is 0 Å². The van der Waals surface area contributed by atoms with Crippen LogP contribution in [0.3, 0.4) is 0 Å². The first-order valence-electron chi connectivity index (χ1n) is 15.9. The number of hydrogen-bond donors (Lipinski definition) is 1. The molecule has 3 aromatic carbocycles. The van der Waals surface area contributed by atoms with Crippen LogP contribution in [0.2, 0.25) is 5.02 Å². The van der Waals surface area contributed by atoms with Gasteiger partial charge in [0, 0.05) is 29.7 Å². The zero-order chi connectivity index (χ0) is 34.8. The predicted octanol–water partition coefficient (Wildman–Crippen LogP) is 5.83.